The highest BCUT2D eigenvalue weighted by atomic mass is 79.9. The monoisotopic (exact) mass is 292 g/mol. The summed E-state index contributed by atoms with van der Waals surface area (Å²) in [6.07, 6.45) is 0. The van der Waals surface area contributed by atoms with Gasteiger partial charge in [-0.15, -0.1) is 28.0 Å². The summed E-state index contributed by atoms with van der Waals surface area (Å²) in [6, 6.07) is 2.00. The van der Waals surface area contributed by atoms with Gasteiger partial charge in [0.2, 0.25) is 0 Å². The fourth-order valence-electron chi connectivity index (χ4n) is 1.02. The summed E-state index contributed by atoms with van der Waals surface area (Å²) < 4.78 is 2.78. The van der Waals surface area contributed by atoms with E-state index in [-0.39, 0.29) is 0 Å². The molecule has 0 fully saturated rings. The second-order valence-electron chi connectivity index (χ2n) is 2.58. The lowest BCUT2D eigenvalue weighted by Crippen LogP contribution is -2.04. The molecule has 0 bridgehead atoms. The Morgan fingerprint density at radius 2 is 2.43 bits per heavy atom. The molecule has 0 spiro atoms. The lowest BCUT2D eigenvalue weighted by Gasteiger charge is -2.00. The van der Waals surface area contributed by atoms with Crippen molar-refractivity contribution in [3.8, 4) is 0 Å². The molecule has 0 saturated heterocycles. The van der Waals surface area contributed by atoms with Crippen LogP contribution in [0, 0.1) is 0 Å². The molecule has 74 valence electrons. The van der Waals surface area contributed by atoms with Gasteiger partial charge in [0.25, 0.3) is 0 Å². The highest BCUT2D eigenvalue weighted by Crippen LogP contribution is 2.23. The molecule has 0 atom stereocenters. The minimum absolute atomic E-state index is 0.329. The van der Waals surface area contributed by atoms with Crippen molar-refractivity contribution in [2.75, 3.05) is 0 Å². The Bertz CT molecular complexity index is 427. The molecular weight excluding hydrogens is 288 g/mol. The van der Waals surface area contributed by atoms with Crippen LogP contribution < -0.4 is 0 Å². The van der Waals surface area contributed by atoms with Gasteiger partial charge >= 0.3 is 0 Å². The first-order chi connectivity index (χ1) is 6.81. The van der Waals surface area contributed by atoms with Gasteiger partial charge < -0.3 is 0 Å². The molecule has 2 rings (SSSR count). The molecule has 7 heteroatoms. The largest absolute Gasteiger partial charge is 0.223 e. The topological polar surface area (TPSA) is 43.6 Å². The molecule has 2 aromatic heterocycles. The first-order valence-electron chi connectivity index (χ1n) is 3.84. The van der Waals surface area contributed by atoms with E-state index in [0.29, 0.717) is 18.2 Å². The molecule has 4 nitrogen and oxygen atoms in total. The number of halogens is 2. The second kappa shape index (κ2) is 4.37. The van der Waals surface area contributed by atoms with Crippen molar-refractivity contribution in [2.45, 2.75) is 12.4 Å². The van der Waals surface area contributed by atoms with Crippen LogP contribution >= 0.6 is 38.9 Å². The Morgan fingerprint density at radius 3 is 3.07 bits per heavy atom. The average Bonchev–Trinajstić information content (AvgIpc) is 2.77. The van der Waals surface area contributed by atoms with Crippen molar-refractivity contribution in [3.05, 3.63) is 26.6 Å². The number of alkyl halides is 1. The third-order valence-electron chi connectivity index (χ3n) is 1.71. The van der Waals surface area contributed by atoms with Crippen molar-refractivity contribution in [1.82, 2.24) is 20.2 Å². The summed E-state index contributed by atoms with van der Waals surface area (Å²) in [5, 5.41) is 13.3. The Balaban J connectivity index is 2.22. The summed E-state index contributed by atoms with van der Waals surface area (Å²) in [5.41, 5.74) is 0. The lowest BCUT2D eigenvalue weighted by molar-refractivity contribution is 0.635. The number of nitrogens with zero attached hydrogens (tertiary/aromatic N) is 4. The maximum absolute atomic E-state index is 5.68. The number of thiophene rings is 1. The summed E-state index contributed by atoms with van der Waals surface area (Å²) in [6.45, 7) is 0.660. The quantitative estimate of drug-likeness (QED) is 0.816. The van der Waals surface area contributed by atoms with E-state index in [4.69, 9.17) is 11.6 Å². The summed E-state index contributed by atoms with van der Waals surface area (Å²) in [4.78, 5) is 1.18. The molecule has 0 aliphatic rings. The van der Waals surface area contributed by atoms with E-state index in [1.54, 1.807) is 16.0 Å². The third-order valence-corrected chi connectivity index (χ3v) is 3.86. The molecule has 14 heavy (non-hydrogen) atoms. The van der Waals surface area contributed by atoms with Crippen LogP contribution in [0.5, 0.6) is 0 Å². The Labute approximate surface area is 98.0 Å². The van der Waals surface area contributed by atoms with Gasteiger partial charge in [-0.3, -0.25) is 0 Å². The van der Waals surface area contributed by atoms with Crippen LogP contribution in [-0.4, -0.2) is 20.2 Å². The number of rotatable bonds is 3. The third kappa shape index (κ3) is 1.97. The van der Waals surface area contributed by atoms with E-state index in [2.05, 4.69) is 31.5 Å². The standard InChI is InChI=1S/C7H6BrClN4S/c8-5-1-2-14-6(5)4-13-7(3-9)10-11-12-13/h1-2H,3-4H2. The zero-order valence-corrected chi connectivity index (χ0v) is 10.2. The number of aromatic nitrogens is 4. The molecule has 2 aromatic rings. The average molecular weight is 294 g/mol. The van der Waals surface area contributed by atoms with E-state index in [9.17, 15) is 0 Å². The van der Waals surface area contributed by atoms with Crippen LogP contribution in [0.25, 0.3) is 0 Å². The van der Waals surface area contributed by atoms with E-state index >= 15 is 0 Å². The van der Waals surface area contributed by atoms with Gasteiger partial charge in [0.1, 0.15) is 0 Å². The minimum Gasteiger partial charge on any atom is -0.223 e. The molecule has 0 N–H and O–H groups in total. The second-order valence-corrected chi connectivity index (χ2v) is 4.70. The Hall–Kier alpha value is -0.460. The fourth-order valence-corrected chi connectivity index (χ4v) is 2.67. The summed E-state index contributed by atoms with van der Waals surface area (Å²) in [5.74, 6) is 1.02. The van der Waals surface area contributed by atoms with E-state index in [1.165, 1.54) is 4.88 Å². The first-order valence-corrected chi connectivity index (χ1v) is 6.05. The highest BCUT2D eigenvalue weighted by Gasteiger charge is 2.07. The molecule has 0 unspecified atom stereocenters. The van der Waals surface area contributed by atoms with Crippen LogP contribution in [-0.2, 0) is 12.4 Å². The van der Waals surface area contributed by atoms with Crippen LogP contribution in [0.3, 0.4) is 0 Å². The fraction of sp³-hybridized carbons (Fsp3) is 0.286. The van der Waals surface area contributed by atoms with Gasteiger partial charge in [0, 0.05) is 9.35 Å². The predicted octanol–water partition coefficient (Wildman–Crippen LogP) is 2.28. The molecule has 0 radical (unpaired) electrons. The predicted molar refractivity (Wildman–Crippen MR) is 58.5 cm³/mol. The van der Waals surface area contributed by atoms with Gasteiger partial charge in [0.05, 0.1) is 12.4 Å². The van der Waals surface area contributed by atoms with E-state index in [0.717, 1.165) is 4.47 Å². The molecule has 2 heterocycles. The van der Waals surface area contributed by atoms with Gasteiger partial charge in [-0.1, -0.05) is 0 Å². The number of tetrazole rings is 1. The molecule has 0 amide bonds. The zero-order valence-electron chi connectivity index (χ0n) is 7.02. The van der Waals surface area contributed by atoms with Crippen molar-refractivity contribution >= 4 is 38.9 Å². The van der Waals surface area contributed by atoms with Gasteiger partial charge in [-0.05, 0) is 37.8 Å². The van der Waals surface area contributed by atoms with Crippen molar-refractivity contribution in [3.63, 3.8) is 0 Å². The smallest absolute Gasteiger partial charge is 0.166 e. The van der Waals surface area contributed by atoms with Gasteiger partial charge in [-0.2, -0.15) is 0 Å². The first kappa shape index (κ1) is 10.1. The normalized spacial score (nSPS) is 10.7. The number of hydrogen-bond donors (Lipinski definition) is 0. The minimum atomic E-state index is 0.329. The SMILES string of the molecule is ClCc1nnnn1Cc1sccc1Br. The zero-order chi connectivity index (χ0) is 9.97. The van der Waals surface area contributed by atoms with Crippen LogP contribution in [0.2, 0.25) is 0 Å². The molecular formula is C7H6BrClN4S. The van der Waals surface area contributed by atoms with Crippen LogP contribution in [0.1, 0.15) is 10.7 Å². The Kier molecular flexibility index (Phi) is 3.15. The number of hydrogen-bond acceptors (Lipinski definition) is 4. The maximum Gasteiger partial charge on any atom is 0.166 e. The summed E-state index contributed by atoms with van der Waals surface area (Å²) in [7, 11) is 0. The Morgan fingerprint density at radius 1 is 1.57 bits per heavy atom. The van der Waals surface area contributed by atoms with Gasteiger partial charge in [0.15, 0.2) is 5.82 Å². The van der Waals surface area contributed by atoms with Gasteiger partial charge in [-0.25, -0.2) is 4.68 Å². The van der Waals surface area contributed by atoms with E-state index in [1.807, 2.05) is 11.4 Å². The molecule has 0 aliphatic carbocycles. The maximum atomic E-state index is 5.68. The van der Waals surface area contributed by atoms with Crippen molar-refractivity contribution in [1.29, 1.82) is 0 Å². The van der Waals surface area contributed by atoms with Crippen LogP contribution in [0.4, 0.5) is 0 Å². The van der Waals surface area contributed by atoms with Crippen molar-refractivity contribution < 1.29 is 0 Å². The molecule has 0 saturated carbocycles. The summed E-state index contributed by atoms with van der Waals surface area (Å²) >= 11 is 10.8. The highest BCUT2D eigenvalue weighted by molar-refractivity contribution is 9.10. The van der Waals surface area contributed by atoms with Crippen LogP contribution in [0.15, 0.2) is 15.9 Å². The lowest BCUT2D eigenvalue weighted by atomic mass is 10.4. The van der Waals surface area contributed by atoms with E-state index < -0.39 is 0 Å². The van der Waals surface area contributed by atoms with Crippen molar-refractivity contribution in [2.24, 2.45) is 0 Å². The molecule has 0 aliphatic heterocycles. The molecule has 0 aromatic carbocycles.